The summed E-state index contributed by atoms with van der Waals surface area (Å²) >= 11 is 1.42. The number of nitrogens with one attached hydrogen (secondary N) is 1. The highest BCUT2D eigenvalue weighted by Gasteiger charge is 2.29. The molecule has 0 bridgehead atoms. The van der Waals surface area contributed by atoms with Crippen molar-refractivity contribution in [1.29, 1.82) is 0 Å². The highest BCUT2D eigenvalue weighted by Crippen LogP contribution is 2.22. The highest BCUT2D eigenvalue weighted by atomic mass is 32.1. The molecular formula is C19H21N3O3S. The van der Waals surface area contributed by atoms with E-state index in [2.05, 4.69) is 5.32 Å². The third-order valence-corrected chi connectivity index (χ3v) is 5.27. The van der Waals surface area contributed by atoms with Gasteiger partial charge in [-0.2, -0.15) is 0 Å². The Morgan fingerprint density at radius 3 is 2.62 bits per heavy atom. The number of primary amides is 1. The Labute approximate surface area is 156 Å². The molecule has 0 radical (unpaired) electrons. The zero-order valence-electron chi connectivity index (χ0n) is 14.3. The third kappa shape index (κ3) is 4.49. The second-order valence-electron chi connectivity index (χ2n) is 6.40. The van der Waals surface area contributed by atoms with Crippen molar-refractivity contribution < 1.29 is 14.4 Å². The van der Waals surface area contributed by atoms with Gasteiger partial charge in [-0.25, -0.2) is 0 Å². The molecule has 2 heterocycles. The standard InChI is InChI=1S/C19H21N3O3S/c20-17(23)11-13-5-7-15(8-6-13)21-18(24)14-3-1-9-22(12-14)19(25)16-4-2-10-26-16/h2,4-8,10,14H,1,3,9,11-12H2,(H2,20,23)(H,21,24). The van der Waals surface area contributed by atoms with Crippen LogP contribution in [0.1, 0.15) is 28.1 Å². The minimum Gasteiger partial charge on any atom is -0.369 e. The Bertz CT molecular complexity index is 787. The summed E-state index contributed by atoms with van der Waals surface area (Å²) in [6.45, 7) is 1.12. The molecule has 0 aliphatic carbocycles. The van der Waals surface area contributed by atoms with Crippen LogP contribution in [0, 0.1) is 5.92 Å². The fourth-order valence-electron chi connectivity index (χ4n) is 3.08. The molecule has 2 aromatic rings. The molecule has 1 aliphatic heterocycles. The number of hydrogen-bond donors (Lipinski definition) is 2. The molecule has 1 unspecified atom stereocenters. The van der Waals surface area contributed by atoms with E-state index in [1.165, 1.54) is 11.3 Å². The van der Waals surface area contributed by atoms with Crippen LogP contribution >= 0.6 is 11.3 Å². The normalized spacial score (nSPS) is 16.9. The molecule has 1 saturated heterocycles. The maximum Gasteiger partial charge on any atom is 0.263 e. The van der Waals surface area contributed by atoms with Gasteiger partial charge in [0.2, 0.25) is 11.8 Å². The van der Waals surface area contributed by atoms with Gasteiger partial charge in [0.25, 0.3) is 5.91 Å². The summed E-state index contributed by atoms with van der Waals surface area (Å²) in [5.41, 5.74) is 6.65. The molecule has 3 rings (SSSR count). The third-order valence-electron chi connectivity index (χ3n) is 4.41. The summed E-state index contributed by atoms with van der Waals surface area (Å²) in [4.78, 5) is 38.4. The zero-order valence-corrected chi connectivity index (χ0v) is 15.1. The predicted molar refractivity (Wildman–Crippen MR) is 101 cm³/mol. The number of nitrogens with zero attached hydrogens (tertiary/aromatic N) is 1. The quantitative estimate of drug-likeness (QED) is 0.844. The van der Waals surface area contributed by atoms with E-state index in [1.54, 1.807) is 29.2 Å². The molecular weight excluding hydrogens is 350 g/mol. The molecule has 0 saturated carbocycles. The Morgan fingerprint density at radius 2 is 1.96 bits per heavy atom. The number of rotatable bonds is 5. The molecule has 26 heavy (non-hydrogen) atoms. The summed E-state index contributed by atoms with van der Waals surface area (Å²) in [6, 6.07) is 10.7. The van der Waals surface area contributed by atoms with Crippen LogP contribution in [0.5, 0.6) is 0 Å². The van der Waals surface area contributed by atoms with Gasteiger partial charge in [-0.15, -0.1) is 11.3 Å². The van der Waals surface area contributed by atoms with E-state index in [1.807, 2.05) is 17.5 Å². The minimum absolute atomic E-state index is 0.00620. The maximum absolute atomic E-state index is 12.6. The van der Waals surface area contributed by atoms with Gasteiger partial charge in [0.15, 0.2) is 0 Å². The smallest absolute Gasteiger partial charge is 0.263 e. The van der Waals surface area contributed by atoms with Crippen molar-refractivity contribution in [1.82, 2.24) is 4.90 Å². The lowest BCUT2D eigenvalue weighted by Gasteiger charge is -2.31. The lowest BCUT2D eigenvalue weighted by atomic mass is 9.96. The number of benzene rings is 1. The summed E-state index contributed by atoms with van der Waals surface area (Å²) < 4.78 is 0. The Hall–Kier alpha value is -2.67. The number of thiophene rings is 1. The van der Waals surface area contributed by atoms with E-state index in [0.717, 1.165) is 18.4 Å². The van der Waals surface area contributed by atoms with Crippen molar-refractivity contribution in [3.8, 4) is 0 Å². The summed E-state index contributed by atoms with van der Waals surface area (Å²) in [5.74, 6) is -0.706. The van der Waals surface area contributed by atoms with Crippen molar-refractivity contribution in [3.63, 3.8) is 0 Å². The SMILES string of the molecule is NC(=O)Cc1ccc(NC(=O)C2CCCN(C(=O)c3cccs3)C2)cc1. The number of piperidine rings is 1. The second kappa shape index (κ2) is 8.14. The number of likely N-dealkylation sites (tertiary alicyclic amines) is 1. The molecule has 3 N–H and O–H groups in total. The molecule has 1 aromatic heterocycles. The average molecular weight is 371 g/mol. The lowest BCUT2D eigenvalue weighted by molar-refractivity contribution is -0.121. The van der Waals surface area contributed by atoms with Crippen LogP contribution in [0.25, 0.3) is 0 Å². The van der Waals surface area contributed by atoms with E-state index in [-0.39, 0.29) is 30.1 Å². The monoisotopic (exact) mass is 371 g/mol. The molecule has 1 aromatic carbocycles. The minimum atomic E-state index is -0.389. The Kier molecular flexibility index (Phi) is 5.68. The molecule has 1 fully saturated rings. The average Bonchev–Trinajstić information content (AvgIpc) is 3.17. The first-order chi connectivity index (χ1) is 12.5. The van der Waals surface area contributed by atoms with Crippen LogP contribution in [-0.4, -0.2) is 35.7 Å². The second-order valence-corrected chi connectivity index (χ2v) is 7.34. The fourth-order valence-corrected chi connectivity index (χ4v) is 3.77. The molecule has 3 amide bonds. The van der Waals surface area contributed by atoms with Gasteiger partial charge in [-0.05, 0) is 42.0 Å². The number of amides is 3. The van der Waals surface area contributed by atoms with Crippen LogP contribution in [0.3, 0.4) is 0 Å². The zero-order chi connectivity index (χ0) is 18.5. The van der Waals surface area contributed by atoms with Crippen molar-refractivity contribution in [2.45, 2.75) is 19.3 Å². The highest BCUT2D eigenvalue weighted by molar-refractivity contribution is 7.12. The van der Waals surface area contributed by atoms with Crippen molar-refractivity contribution in [2.24, 2.45) is 11.7 Å². The number of carbonyl (C=O) groups excluding carboxylic acids is 3. The van der Waals surface area contributed by atoms with Gasteiger partial charge in [-0.1, -0.05) is 18.2 Å². The Balaban J connectivity index is 1.59. The van der Waals surface area contributed by atoms with Crippen LogP contribution in [-0.2, 0) is 16.0 Å². The number of nitrogens with two attached hydrogens (primary N) is 1. The maximum atomic E-state index is 12.6. The number of hydrogen-bond acceptors (Lipinski definition) is 4. The Morgan fingerprint density at radius 1 is 1.19 bits per heavy atom. The van der Waals surface area contributed by atoms with Gasteiger partial charge < -0.3 is 16.0 Å². The first-order valence-corrected chi connectivity index (χ1v) is 9.42. The van der Waals surface area contributed by atoms with Crippen molar-refractivity contribution >= 4 is 34.7 Å². The number of anilines is 1. The van der Waals surface area contributed by atoms with E-state index < -0.39 is 0 Å². The van der Waals surface area contributed by atoms with Gasteiger partial charge in [0.05, 0.1) is 17.2 Å². The largest absolute Gasteiger partial charge is 0.369 e. The van der Waals surface area contributed by atoms with Crippen LogP contribution < -0.4 is 11.1 Å². The van der Waals surface area contributed by atoms with E-state index in [9.17, 15) is 14.4 Å². The first kappa shape index (κ1) is 18.1. The van der Waals surface area contributed by atoms with Crippen LogP contribution in [0.15, 0.2) is 41.8 Å². The summed E-state index contributed by atoms with van der Waals surface area (Å²) in [6.07, 6.45) is 1.75. The molecule has 7 heteroatoms. The fraction of sp³-hybridized carbons (Fsp3) is 0.316. The molecule has 6 nitrogen and oxygen atoms in total. The van der Waals surface area contributed by atoms with Gasteiger partial charge in [0.1, 0.15) is 0 Å². The first-order valence-electron chi connectivity index (χ1n) is 8.54. The van der Waals surface area contributed by atoms with Crippen LogP contribution in [0.4, 0.5) is 5.69 Å². The summed E-state index contributed by atoms with van der Waals surface area (Å²) in [5, 5.41) is 4.77. The van der Waals surface area contributed by atoms with E-state index >= 15 is 0 Å². The molecule has 1 aliphatic rings. The van der Waals surface area contributed by atoms with Gasteiger partial charge >= 0.3 is 0 Å². The predicted octanol–water partition coefficient (Wildman–Crippen LogP) is 2.27. The molecule has 1 atom stereocenters. The summed E-state index contributed by atoms with van der Waals surface area (Å²) in [7, 11) is 0. The van der Waals surface area contributed by atoms with Crippen LogP contribution in [0.2, 0.25) is 0 Å². The van der Waals surface area contributed by atoms with Crippen molar-refractivity contribution in [2.75, 3.05) is 18.4 Å². The number of carbonyl (C=O) groups is 3. The van der Waals surface area contributed by atoms with Gasteiger partial charge in [0, 0.05) is 18.8 Å². The molecule has 136 valence electrons. The van der Waals surface area contributed by atoms with E-state index in [4.69, 9.17) is 5.73 Å². The topological polar surface area (TPSA) is 92.5 Å². The lowest BCUT2D eigenvalue weighted by Crippen LogP contribution is -2.43. The van der Waals surface area contributed by atoms with E-state index in [0.29, 0.717) is 23.7 Å². The van der Waals surface area contributed by atoms with Crippen molar-refractivity contribution in [3.05, 3.63) is 52.2 Å². The van der Waals surface area contributed by atoms with Gasteiger partial charge in [-0.3, -0.25) is 14.4 Å². The molecule has 0 spiro atoms.